The Morgan fingerprint density at radius 3 is 2.41 bits per heavy atom. The van der Waals surface area contributed by atoms with E-state index in [1.54, 1.807) is 12.2 Å². The quantitative estimate of drug-likeness (QED) is 0.716. The summed E-state index contributed by atoms with van der Waals surface area (Å²) in [5.41, 5.74) is 0. The molecule has 0 aliphatic carbocycles. The highest BCUT2D eigenvalue weighted by Crippen LogP contribution is 2.22. The number of carbonyl (C=O) groups excluding carboxylic acids is 1. The van der Waals surface area contributed by atoms with Gasteiger partial charge in [0.25, 0.3) is 0 Å². The summed E-state index contributed by atoms with van der Waals surface area (Å²) in [6, 6.07) is -0.834. The van der Waals surface area contributed by atoms with Gasteiger partial charge in [-0.25, -0.2) is 4.79 Å². The highest BCUT2D eigenvalue weighted by Gasteiger charge is 2.20. The number of carboxylic acids is 1. The normalized spacial score (nSPS) is 13.6. The molecular weight excluding hydrogens is 238 g/mol. The Hall–Kier alpha value is -0.970. The zero-order valence-corrected chi connectivity index (χ0v) is 11.6. The van der Waals surface area contributed by atoms with Gasteiger partial charge in [-0.15, -0.1) is 11.8 Å². The van der Waals surface area contributed by atoms with E-state index in [0.717, 1.165) is 0 Å². The van der Waals surface area contributed by atoms with E-state index in [2.05, 4.69) is 5.32 Å². The van der Waals surface area contributed by atoms with Gasteiger partial charge in [0.05, 0.1) is 5.75 Å². The summed E-state index contributed by atoms with van der Waals surface area (Å²) in [5, 5.41) is 11.4. The Bertz CT molecular complexity index is 295. The maximum Gasteiger partial charge on any atom is 0.326 e. The van der Waals surface area contributed by atoms with Crippen LogP contribution in [0.15, 0.2) is 12.2 Å². The van der Waals surface area contributed by atoms with Crippen molar-refractivity contribution >= 4 is 23.6 Å². The Labute approximate surface area is 107 Å². The Morgan fingerprint density at radius 2 is 2.00 bits per heavy atom. The lowest BCUT2D eigenvalue weighted by Crippen LogP contribution is -2.41. The smallest absolute Gasteiger partial charge is 0.326 e. The minimum absolute atomic E-state index is 0.000614. The molecular formula is C12H21NO3S. The average Bonchev–Trinajstić information content (AvgIpc) is 2.19. The van der Waals surface area contributed by atoms with Crippen LogP contribution < -0.4 is 5.32 Å². The summed E-state index contributed by atoms with van der Waals surface area (Å²) < 4.78 is -0.000614. The molecule has 0 rings (SSSR count). The van der Waals surface area contributed by atoms with E-state index in [9.17, 15) is 9.59 Å². The molecule has 1 unspecified atom stereocenters. The predicted molar refractivity (Wildman–Crippen MR) is 71.2 cm³/mol. The van der Waals surface area contributed by atoms with Gasteiger partial charge in [0.2, 0.25) is 5.91 Å². The second-order valence-corrected chi connectivity index (χ2v) is 6.47. The number of thioether (sulfide) groups is 1. The number of carbonyl (C=O) groups is 2. The molecule has 0 bridgehead atoms. The van der Waals surface area contributed by atoms with E-state index in [4.69, 9.17) is 5.11 Å². The first-order valence-electron chi connectivity index (χ1n) is 5.53. The minimum Gasteiger partial charge on any atom is -0.480 e. The molecule has 5 heteroatoms. The van der Waals surface area contributed by atoms with Crippen LogP contribution in [0.1, 0.15) is 34.1 Å². The van der Waals surface area contributed by atoms with Crippen LogP contribution in [0.3, 0.4) is 0 Å². The lowest BCUT2D eigenvalue weighted by Gasteiger charge is -2.18. The van der Waals surface area contributed by atoms with Gasteiger partial charge < -0.3 is 10.4 Å². The molecule has 0 aromatic carbocycles. The highest BCUT2D eigenvalue weighted by molar-refractivity contribution is 8.01. The zero-order valence-electron chi connectivity index (χ0n) is 10.8. The molecule has 0 radical (unpaired) electrons. The molecule has 0 saturated carbocycles. The van der Waals surface area contributed by atoms with E-state index in [1.807, 2.05) is 27.7 Å². The second kappa shape index (κ2) is 7.37. The maximum atomic E-state index is 11.5. The van der Waals surface area contributed by atoms with Crippen molar-refractivity contribution in [2.75, 3.05) is 5.75 Å². The molecule has 0 aromatic heterocycles. The van der Waals surface area contributed by atoms with Crippen molar-refractivity contribution in [2.45, 2.75) is 44.9 Å². The number of carboxylic acid groups (broad SMARTS) is 1. The lowest BCUT2D eigenvalue weighted by molar-refractivity contribution is -0.141. The van der Waals surface area contributed by atoms with Crippen molar-refractivity contribution < 1.29 is 14.7 Å². The van der Waals surface area contributed by atoms with Crippen LogP contribution >= 0.6 is 11.8 Å². The van der Waals surface area contributed by atoms with Crippen molar-refractivity contribution in [1.29, 1.82) is 0 Å². The van der Waals surface area contributed by atoms with Gasteiger partial charge in [-0.1, -0.05) is 32.9 Å². The van der Waals surface area contributed by atoms with Crippen LogP contribution in [-0.4, -0.2) is 33.5 Å². The third-order valence-corrected chi connectivity index (χ3v) is 3.15. The lowest BCUT2D eigenvalue weighted by atomic mass is 10.2. The third-order valence-electron chi connectivity index (χ3n) is 1.88. The summed E-state index contributed by atoms with van der Waals surface area (Å²) in [6.45, 7) is 7.86. The van der Waals surface area contributed by atoms with E-state index >= 15 is 0 Å². The summed E-state index contributed by atoms with van der Waals surface area (Å²) in [4.78, 5) is 22.4. The van der Waals surface area contributed by atoms with Crippen LogP contribution in [0.2, 0.25) is 0 Å². The molecule has 1 atom stereocenters. The van der Waals surface area contributed by atoms with Crippen LogP contribution in [0, 0.1) is 0 Å². The van der Waals surface area contributed by atoms with Gasteiger partial charge in [-0.05, 0) is 13.3 Å². The number of rotatable bonds is 6. The van der Waals surface area contributed by atoms with E-state index in [1.165, 1.54) is 11.8 Å². The number of amides is 1. The van der Waals surface area contributed by atoms with Gasteiger partial charge in [-0.2, -0.15) is 0 Å². The van der Waals surface area contributed by atoms with E-state index < -0.39 is 12.0 Å². The molecule has 98 valence electrons. The maximum absolute atomic E-state index is 11.5. The van der Waals surface area contributed by atoms with Gasteiger partial charge in [-0.3, -0.25) is 4.79 Å². The molecule has 17 heavy (non-hydrogen) atoms. The van der Waals surface area contributed by atoms with Crippen LogP contribution in [0.4, 0.5) is 0 Å². The number of hydrogen-bond donors (Lipinski definition) is 2. The molecule has 0 aliphatic rings. The standard InChI is InChI=1S/C12H21NO3S/c1-5-6-7-9(11(15)16)13-10(14)8-17-12(2,3)4/h5-6,9H,7-8H2,1-4H3,(H,13,14)(H,15,16)/b6-5+. The predicted octanol–water partition coefficient (Wildman–Crippen LogP) is 2.05. The first-order valence-corrected chi connectivity index (χ1v) is 6.52. The molecule has 0 aromatic rings. The molecule has 0 heterocycles. The largest absolute Gasteiger partial charge is 0.480 e. The third kappa shape index (κ3) is 8.80. The SMILES string of the molecule is C/C=C/CC(NC(=O)CSC(C)(C)C)C(=O)O. The van der Waals surface area contributed by atoms with Crippen LogP contribution in [-0.2, 0) is 9.59 Å². The minimum atomic E-state index is -1.00. The van der Waals surface area contributed by atoms with Crippen molar-refractivity contribution in [1.82, 2.24) is 5.32 Å². The second-order valence-electron chi connectivity index (χ2n) is 4.66. The first kappa shape index (κ1) is 16.0. The Morgan fingerprint density at radius 1 is 1.41 bits per heavy atom. The van der Waals surface area contributed by atoms with Gasteiger partial charge in [0, 0.05) is 4.75 Å². The van der Waals surface area contributed by atoms with Crippen LogP contribution in [0.5, 0.6) is 0 Å². The number of nitrogens with one attached hydrogen (secondary N) is 1. The molecule has 1 amide bonds. The number of hydrogen-bond acceptors (Lipinski definition) is 3. The Kier molecular flexibility index (Phi) is 6.95. The summed E-state index contributed by atoms with van der Waals surface area (Å²) in [6.07, 6.45) is 3.82. The van der Waals surface area contributed by atoms with E-state index in [-0.39, 0.29) is 16.4 Å². The molecule has 0 fully saturated rings. The van der Waals surface area contributed by atoms with Gasteiger partial charge in [0.15, 0.2) is 0 Å². The molecule has 2 N–H and O–H groups in total. The number of aliphatic carboxylic acids is 1. The van der Waals surface area contributed by atoms with Crippen molar-refractivity contribution in [3.05, 3.63) is 12.2 Å². The molecule has 0 spiro atoms. The van der Waals surface area contributed by atoms with Gasteiger partial charge in [0.1, 0.15) is 6.04 Å². The Balaban J connectivity index is 4.17. The van der Waals surface area contributed by atoms with Gasteiger partial charge >= 0.3 is 5.97 Å². The summed E-state index contributed by atoms with van der Waals surface area (Å²) in [7, 11) is 0. The fourth-order valence-electron chi connectivity index (χ4n) is 1.01. The number of allylic oxidation sites excluding steroid dienone is 1. The average molecular weight is 259 g/mol. The van der Waals surface area contributed by atoms with E-state index in [0.29, 0.717) is 6.42 Å². The van der Waals surface area contributed by atoms with Crippen LogP contribution in [0.25, 0.3) is 0 Å². The van der Waals surface area contributed by atoms with Crippen molar-refractivity contribution in [3.63, 3.8) is 0 Å². The monoisotopic (exact) mass is 259 g/mol. The topological polar surface area (TPSA) is 66.4 Å². The van der Waals surface area contributed by atoms with Crippen molar-refractivity contribution in [3.8, 4) is 0 Å². The molecule has 4 nitrogen and oxygen atoms in total. The molecule has 0 aliphatic heterocycles. The zero-order chi connectivity index (χ0) is 13.5. The van der Waals surface area contributed by atoms with Crippen molar-refractivity contribution in [2.24, 2.45) is 0 Å². The summed E-state index contributed by atoms with van der Waals surface area (Å²) in [5.74, 6) is -0.956. The summed E-state index contributed by atoms with van der Waals surface area (Å²) >= 11 is 1.50. The fourth-order valence-corrected chi connectivity index (χ4v) is 1.66. The molecule has 0 saturated heterocycles. The first-order chi connectivity index (χ1) is 7.76. The highest BCUT2D eigenvalue weighted by atomic mass is 32.2. The fraction of sp³-hybridized carbons (Fsp3) is 0.667.